The molecule has 1 saturated heterocycles. The fourth-order valence-corrected chi connectivity index (χ4v) is 6.48. The maximum atomic E-state index is 15.5. The van der Waals surface area contributed by atoms with Gasteiger partial charge in [0.2, 0.25) is 0 Å². The number of benzene rings is 2. The molecule has 0 bridgehead atoms. The van der Waals surface area contributed by atoms with Gasteiger partial charge in [0.05, 0.1) is 17.8 Å². The largest absolute Gasteiger partial charge is 0.361 e. The third kappa shape index (κ3) is 4.35. The third-order valence-electron chi connectivity index (χ3n) is 7.44. The van der Waals surface area contributed by atoms with E-state index in [0.717, 1.165) is 50.8 Å². The summed E-state index contributed by atoms with van der Waals surface area (Å²) in [5.74, 6) is -0.450. The van der Waals surface area contributed by atoms with E-state index in [-0.39, 0.29) is 11.6 Å². The van der Waals surface area contributed by atoms with Crippen molar-refractivity contribution in [1.29, 1.82) is 0 Å². The Bertz CT molecular complexity index is 1870. The number of H-pyrrole nitrogens is 1. The Hall–Kier alpha value is -4.41. The zero-order valence-electron chi connectivity index (χ0n) is 21.8. The molecule has 200 valence electrons. The number of carbonyl (C=O) groups excluding carboxylic acids is 1. The highest BCUT2D eigenvalue weighted by Crippen LogP contribution is 2.39. The first-order valence-electron chi connectivity index (χ1n) is 13.2. The van der Waals surface area contributed by atoms with Gasteiger partial charge in [0.1, 0.15) is 17.3 Å². The number of pyridine rings is 1. The predicted molar refractivity (Wildman–Crippen MR) is 156 cm³/mol. The Morgan fingerprint density at radius 3 is 2.83 bits per heavy atom. The van der Waals surface area contributed by atoms with E-state index in [1.165, 1.54) is 12.1 Å². The van der Waals surface area contributed by atoms with Gasteiger partial charge in [-0.3, -0.25) is 14.4 Å². The van der Waals surface area contributed by atoms with E-state index in [2.05, 4.69) is 44.9 Å². The molecule has 1 fully saturated rings. The van der Waals surface area contributed by atoms with Crippen molar-refractivity contribution in [3.05, 3.63) is 84.6 Å². The van der Waals surface area contributed by atoms with Crippen molar-refractivity contribution in [1.82, 2.24) is 30.3 Å². The fourth-order valence-electron chi connectivity index (χ4n) is 5.43. The minimum absolute atomic E-state index is 0.00432. The number of carbonyl (C=O) groups is 1. The lowest BCUT2D eigenvalue weighted by Crippen LogP contribution is -2.49. The number of thiophene rings is 1. The van der Waals surface area contributed by atoms with Crippen LogP contribution in [0.2, 0.25) is 0 Å². The molecule has 8 nitrogen and oxygen atoms in total. The van der Waals surface area contributed by atoms with Gasteiger partial charge < -0.3 is 10.3 Å². The molecule has 1 atom stereocenters. The van der Waals surface area contributed by atoms with Crippen LogP contribution in [0, 0.1) is 5.82 Å². The number of amides is 1. The number of nitrogens with one attached hydrogen (secondary N) is 2. The van der Waals surface area contributed by atoms with Gasteiger partial charge in [-0.25, -0.2) is 9.37 Å². The Morgan fingerprint density at radius 1 is 1.12 bits per heavy atom. The number of anilines is 1. The average Bonchev–Trinajstić information content (AvgIpc) is 3.73. The average molecular weight is 552 g/mol. The summed E-state index contributed by atoms with van der Waals surface area (Å²) in [6.45, 7) is 1.50. The minimum atomic E-state index is -0.598. The lowest BCUT2D eigenvalue weighted by molar-refractivity contribution is 0.0968. The summed E-state index contributed by atoms with van der Waals surface area (Å²) in [4.78, 5) is 24.9. The van der Waals surface area contributed by atoms with Crippen LogP contribution in [0.3, 0.4) is 0 Å². The van der Waals surface area contributed by atoms with E-state index in [1.54, 1.807) is 46.4 Å². The van der Waals surface area contributed by atoms with Gasteiger partial charge in [0.15, 0.2) is 0 Å². The number of piperidine rings is 1. The molecule has 7 rings (SSSR count). The Morgan fingerprint density at radius 2 is 2.02 bits per heavy atom. The lowest BCUT2D eigenvalue weighted by atomic mass is 10.0. The van der Waals surface area contributed by atoms with E-state index in [4.69, 9.17) is 4.98 Å². The van der Waals surface area contributed by atoms with Gasteiger partial charge in [0, 0.05) is 52.0 Å². The van der Waals surface area contributed by atoms with Gasteiger partial charge >= 0.3 is 0 Å². The highest BCUT2D eigenvalue weighted by atomic mass is 32.1. The van der Waals surface area contributed by atoms with Crippen molar-refractivity contribution in [2.75, 3.05) is 18.0 Å². The number of hydrogen-bond acceptors (Lipinski definition) is 6. The molecule has 0 spiro atoms. The molecular formula is C30H26FN7OS. The molecule has 0 aliphatic carbocycles. The molecule has 4 aromatic heterocycles. The molecule has 1 aliphatic heterocycles. The van der Waals surface area contributed by atoms with Crippen molar-refractivity contribution >= 4 is 44.1 Å². The van der Waals surface area contributed by atoms with E-state index in [9.17, 15) is 4.79 Å². The monoisotopic (exact) mass is 551 g/mol. The summed E-state index contributed by atoms with van der Waals surface area (Å²) < 4.78 is 18.1. The van der Waals surface area contributed by atoms with Crippen LogP contribution in [0.5, 0.6) is 0 Å². The summed E-state index contributed by atoms with van der Waals surface area (Å²) in [5, 5.41) is 13.4. The van der Waals surface area contributed by atoms with Crippen LogP contribution in [0.4, 0.5) is 10.2 Å². The summed E-state index contributed by atoms with van der Waals surface area (Å²) in [7, 11) is 1.75. The van der Waals surface area contributed by atoms with E-state index in [0.29, 0.717) is 23.6 Å². The van der Waals surface area contributed by atoms with Crippen molar-refractivity contribution in [3.8, 4) is 21.7 Å². The van der Waals surface area contributed by atoms with Crippen LogP contribution in [0.25, 0.3) is 42.7 Å². The standard InChI is InChI=1S/C30H26FN7OS/c1-37-17-26(35-36-37)19-6-7-22(24(31)13-19)30(39)38(21-3-2-10-32-16-21)29-23-15-28(40-27(23)9-12-34-29)20-5-4-18-8-11-33-25(18)14-20/h4-9,11-15,17,21,32-33H,2-3,10,16H2,1H3/t21-/m1/s1. The number of fused-ring (bicyclic) bond motifs is 2. The molecule has 1 amide bonds. The molecule has 10 heteroatoms. The first kappa shape index (κ1) is 24.6. The Kier molecular flexibility index (Phi) is 6.13. The molecule has 2 N–H and O–H groups in total. The lowest BCUT2D eigenvalue weighted by Gasteiger charge is -2.34. The minimum Gasteiger partial charge on any atom is -0.361 e. The van der Waals surface area contributed by atoms with Crippen molar-refractivity contribution in [2.45, 2.75) is 18.9 Å². The van der Waals surface area contributed by atoms with E-state index < -0.39 is 11.7 Å². The van der Waals surface area contributed by atoms with E-state index in [1.807, 2.05) is 18.3 Å². The predicted octanol–water partition coefficient (Wildman–Crippen LogP) is 5.78. The van der Waals surface area contributed by atoms with Crippen molar-refractivity contribution in [3.63, 3.8) is 0 Å². The van der Waals surface area contributed by atoms with Crippen LogP contribution in [0.15, 0.2) is 73.2 Å². The normalized spacial score (nSPS) is 15.6. The molecule has 0 unspecified atom stereocenters. The van der Waals surface area contributed by atoms with Crippen LogP contribution < -0.4 is 10.2 Å². The quantitative estimate of drug-likeness (QED) is 0.284. The van der Waals surface area contributed by atoms with Crippen LogP contribution in [-0.4, -0.2) is 50.0 Å². The second kappa shape index (κ2) is 9.96. The summed E-state index contributed by atoms with van der Waals surface area (Å²) in [6, 6.07) is 16.9. The second-order valence-corrected chi connectivity index (χ2v) is 11.2. The fraction of sp³-hybridized carbons (Fsp3) is 0.200. The maximum Gasteiger partial charge on any atom is 0.262 e. The van der Waals surface area contributed by atoms with E-state index >= 15 is 4.39 Å². The number of aromatic amines is 1. The molecule has 0 radical (unpaired) electrons. The van der Waals surface area contributed by atoms with Gasteiger partial charge in [-0.2, -0.15) is 0 Å². The molecular weight excluding hydrogens is 525 g/mol. The summed E-state index contributed by atoms with van der Waals surface area (Å²) >= 11 is 1.66. The number of hydrogen-bond donors (Lipinski definition) is 2. The van der Waals surface area contributed by atoms with Crippen LogP contribution >= 0.6 is 11.3 Å². The van der Waals surface area contributed by atoms with Crippen molar-refractivity contribution in [2.24, 2.45) is 7.05 Å². The Labute approximate surface area is 233 Å². The van der Waals surface area contributed by atoms with Crippen molar-refractivity contribution < 1.29 is 9.18 Å². The molecule has 6 aromatic rings. The highest BCUT2D eigenvalue weighted by Gasteiger charge is 2.32. The summed E-state index contributed by atoms with van der Waals surface area (Å²) in [5.41, 5.74) is 3.27. The summed E-state index contributed by atoms with van der Waals surface area (Å²) in [6.07, 6.45) is 7.10. The third-order valence-corrected chi connectivity index (χ3v) is 8.59. The molecule has 40 heavy (non-hydrogen) atoms. The molecule has 1 aliphatic rings. The molecule has 0 saturated carbocycles. The topological polar surface area (TPSA) is 91.7 Å². The van der Waals surface area contributed by atoms with Gasteiger partial charge in [-0.15, -0.1) is 16.4 Å². The number of nitrogens with zero attached hydrogens (tertiary/aromatic N) is 5. The maximum absolute atomic E-state index is 15.5. The zero-order chi connectivity index (χ0) is 27.2. The number of aryl methyl sites for hydroxylation is 1. The number of halogens is 1. The second-order valence-electron chi connectivity index (χ2n) is 10.1. The SMILES string of the molecule is Cn1cc(-c2ccc(C(=O)N(c3nccc4sc(-c5ccc6cc[nH]c6c5)cc34)[C@@H]3CCCNC3)c(F)c2)nn1. The van der Waals surface area contributed by atoms with Gasteiger partial charge in [-0.1, -0.05) is 23.4 Å². The highest BCUT2D eigenvalue weighted by molar-refractivity contribution is 7.22. The number of aromatic nitrogens is 5. The van der Waals surface area contributed by atoms with Crippen LogP contribution in [0.1, 0.15) is 23.2 Å². The first-order chi connectivity index (χ1) is 19.5. The molecule has 5 heterocycles. The number of rotatable bonds is 5. The molecule has 2 aromatic carbocycles. The van der Waals surface area contributed by atoms with Crippen LogP contribution in [-0.2, 0) is 7.05 Å². The smallest absolute Gasteiger partial charge is 0.262 e. The Balaban J connectivity index is 1.31. The van der Waals surface area contributed by atoms with Gasteiger partial charge in [-0.05, 0) is 66.7 Å². The first-order valence-corrected chi connectivity index (χ1v) is 14.0. The van der Waals surface area contributed by atoms with Gasteiger partial charge in [0.25, 0.3) is 5.91 Å². The zero-order valence-corrected chi connectivity index (χ0v) is 22.6.